The summed E-state index contributed by atoms with van der Waals surface area (Å²) < 4.78 is 10.8. The van der Waals surface area contributed by atoms with Gasteiger partial charge >= 0.3 is 5.97 Å². The summed E-state index contributed by atoms with van der Waals surface area (Å²) in [5, 5.41) is 12.1. The Kier molecular flexibility index (Phi) is 7.98. The Balaban J connectivity index is 1.66. The molecule has 0 saturated heterocycles. The first kappa shape index (κ1) is 23.3. The molecule has 1 amide bonds. The normalized spacial score (nSPS) is 10.8. The molecular weight excluding hydrogens is 416 g/mol. The molecule has 0 atom stereocenters. The topological polar surface area (TPSA) is 88.4 Å². The van der Waals surface area contributed by atoms with E-state index in [0.29, 0.717) is 29.2 Å². The van der Waals surface area contributed by atoms with Gasteiger partial charge in [-0.05, 0) is 67.4 Å². The molecule has 6 heteroatoms. The molecule has 0 aliphatic rings. The van der Waals surface area contributed by atoms with E-state index in [1.54, 1.807) is 49.4 Å². The van der Waals surface area contributed by atoms with Crippen LogP contribution in [0, 0.1) is 18.3 Å². The van der Waals surface area contributed by atoms with Crippen LogP contribution in [-0.2, 0) is 16.1 Å². The average Bonchev–Trinajstić information content (AvgIpc) is 2.83. The number of rotatable bonds is 8. The number of anilines is 1. The largest absolute Gasteiger partial charge is 0.489 e. The molecule has 3 rings (SSSR count). The summed E-state index contributed by atoms with van der Waals surface area (Å²) in [6.45, 7) is 4.46. The van der Waals surface area contributed by atoms with Crippen LogP contribution in [0.3, 0.4) is 0 Å². The van der Waals surface area contributed by atoms with E-state index in [-0.39, 0.29) is 12.2 Å². The fraction of sp³-hybridized carbons (Fsp3) is 0.148. The van der Waals surface area contributed by atoms with Gasteiger partial charge in [-0.15, -0.1) is 0 Å². The molecule has 6 nitrogen and oxygen atoms in total. The first-order chi connectivity index (χ1) is 16.0. The second-order valence-corrected chi connectivity index (χ2v) is 7.27. The van der Waals surface area contributed by atoms with Crippen LogP contribution < -0.4 is 10.1 Å². The number of amides is 1. The lowest BCUT2D eigenvalue weighted by Crippen LogP contribution is -2.13. The second-order valence-electron chi connectivity index (χ2n) is 7.27. The van der Waals surface area contributed by atoms with Gasteiger partial charge in [-0.2, -0.15) is 5.26 Å². The number of aryl methyl sites for hydroxylation is 1. The smallest absolute Gasteiger partial charge is 0.338 e. The molecule has 0 heterocycles. The van der Waals surface area contributed by atoms with Gasteiger partial charge in [0.05, 0.1) is 12.2 Å². The molecule has 0 aliphatic heterocycles. The van der Waals surface area contributed by atoms with E-state index in [1.165, 1.54) is 11.6 Å². The van der Waals surface area contributed by atoms with Crippen molar-refractivity contribution in [3.8, 4) is 11.8 Å². The van der Waals surface area contributed by atoms with Gasteiger partial charge in [0.1, 0.15) is 24.0 Å². The Morgan fingerprint density at radius 1 is 1.03 bits per heavy atom. The number of benzene rings is 3. The first-order valence-corrected chi connectivity index (χ1v) is 10.5. The predicted molar refractivity (Wildman–Crippen MR) is 127 cm³/mol. The van der Waals surface area contributed by atoms with Crippen LogP contribution in [0.25, 0.3) is 6.08 Å². The van der Waals surface area contributed by atoms with Crippen LogP contribution in [0.4, 0.5) is 5.69 Å². The maximum absolute atomic E-state index is 12.6. The summed E-state index contributed by atoms with van der Waals surface area (Å²) in [5.41, 5.74) is 3.69. The highest BCUT2D eigenvalue weighted by atomic mass is 16.5. The van der Waals surface area contributed by atoms with E-state index in [0.717, 1.165) is 5.56 Å². The molecule has 166 valence electrons. The van der Waals surface area contributed by atoms with Crippen molar-refractivity contribution >= 4 is 23.6 Å². The quantitative estimate of drug-likeness (QED) is 0.292. The van der Waals surface area contributed by atoms with Crippen LogP contribution in [0.5, 0.6) is 5.75 Å². The molecule has 0 radical (unpaired) electrons. The van der Waals surface area contributed by atoms with Crippen molar-refractivity contribution in [3.05, 3.63) is 101 Å². The second kappa shape index (κ2) is 11.3. The van der Waals surface area contributed by atoms with Crippen LogP contribution >= 0.6 is 0 Å². The van der Waals surface area contributed by atoms with Crippen molar-refractivity contribution in [2.75, 3.05) is 11.9 Å². The fourth-order valence-corrected chi connectivity index (χ4v) is 2.96. The third-order valence-corrected chi connectivity index (χ3v) is 4.71. The van der Waals surface area contributed by atoms with Crippen LogP contribution in [0.1, 0.15) is 34.0 Å². The van der Waals surface area contributed by atoms with E-state index in [2.05, 4.69) is 5.32 Å². The maximum atomic E-state index is 12.6. The molecule has 0 fully saturated rings. The molecule has 3 aromatic carbocycles. The summed E-state index contributed by atoms with van der Waals surface area (Å²) >= 11 is 0. The van der Waals surface area contributed by atoms with E-state index in [1.807, 2.05) is 43.3 Å². The maximum Gasteiger partial charge on any atom is 0.338 e. The molecule has 1 N–H and O–H groups in total. The lowest BCUT2D eigenvalue weighted by molar-refractivity contribution is -0.112. The molecule has 0 aliphatic carbocycles. The third kappa shape index (κ3) is 6.81. The molecule has 33 heavy (non-hydrogen) atoms. The zero-order chi connectivity index (χ0) is 23.6. The average molecular weight is 440 g/mol. The molecule has 3 aromatic rings. The van der Waals surface area contributed by atoms with Crippen molar-refractivity contribution in [1.29, 1.82) is 5.26 Å². The van der Waals surface area contributed by atoms with E-state index < -0.39 is 11.9 Å². The van der Waals surface area contributed by atoms with Crippen LogP contribution in [-0.4, -0.2) is 18.5 Å². The summed E-state index contributed by atoms with van der Waals surface area (Å²) in [5.74, 6) is -0.346. The number of nitriles is 1. The highest BCUT2D eigenvalue weighted by Gasteiger charge is 2.11. The number of nitrogens with one attached hydrogen (secondary N) is 1. The van der Waals surface area contributed by atoms with Gasteiger partial charge < -0.3 is 14.8 Å². The Labute approximate surface area is 193 Å². The molecule has 0 bridgehead atoms. The van der Waals surface area contributed by atoms with Crippen molar-refractivity contribution < 1.29 is 19.1 Å². The first-order valence-electron chi connectivity index (χ1n) is 10.5. The Morgan fingerprint density at radius 3 is 2.42 bits per heavy atom. The summed E-state index contributed by atoms with van der Waals surface area (Å²) in [4.78, 5) is 24.3. The summed E-state index contributed by atoms with van der Waals surface area (Å²) in [6.07, 6.45) is 1.50. The Hall–Kier alpha value is -4.37. The van der Waals surface area contributed by atoms with Crippen molar-refractivity contribution in [1.82, 2.24) is 0 Å². The minimum atomic E-state index is -0.549. The zero-order valence-electron chi connectivity index (χ0n) is 18.5. The number of nitrogens with zero attached hydrogens (tertiary/aromatic N) is 1. The molecule has 0 spiro atoms. The van der Waals surface area contributed by atoms with Crippen molar-refractivity contribution in [3.63, 3.8) is 0 Å². The summed E-state index contributed by atoms with van der Waals surface area (Å²) in [7, 11) is 0. The number of esters is 1. The molecule has 0 aromatic heterocycles. The van der Waals surface area contributed by atoms with Gasteiger partial charge in [0.2, 0.25) is 0 Å². The number of hydrogen-bond donors (Lipinski definition) is 1. The Morgan fingerprint density at radius 2 is 1.76 bits per heavy atom. The lowest BCUT2D eigenvalue weighted by atomic mass is 10.1. The van der Waals surface area contributed by atoms with E-state index in [9.17, 15) is 14.9 Å². The minimum Gasteiger partial charge on any atom is -0.489 e. The van der Waals surface area contributed by atoms with Crippen LogP contribution in [0.2, 0.25) is 0 Å². The molecular formula is C27H24N2O4. The van der Waals surface area contributed by atoms with Gasteiger partial charge in [0.15, 0.2) is 0 Å². The standard InChI is InChI=1S/C27H24N2O4/c1-3-32-27(31)22-11-13-24(14-12-22)29-26(30)23(17-28)15-21-5-4-6-25(16-21)33-18-20-9-7-19(2)8-10-20/h4-16H,3,18H2,1-2H3,(H,29,30)/b23-15+. The minimum absolute atomic E-state index is 0.0554. The van der Waals surface area contributed by atoms with Gasteiger partial charge in [-0.1, -0.05) is 42.0 Å². The lowest BCUT2D eigenvalue weighted by Gasteiger charge is -2.08. The zero-order valence-corrected chi connectivity index (χ0v) is 18.5. The predicted octanol–water partition coefficient (Wildman–Crippen LogP) is 5.30. The number of hydrogen-bond acceptors (Lipinski definition) is 5. The van der Waals surface area contributed by atoms with E-state index in [4.69, 9.17) is 9.47 Å². The van der Waals surface area contributed by atoms with Gasteiger partial charge in [-0.25, -0.2) is 4.79 Å². The van der Waals surface area contributed by atoms with Gasteiger partial charge in [0, 0.05) is 5.69 Å². The number of carbonyl (C=O) groups is 2. The number of carbonyl (C=O) groups excluding carboxylic acids is 2. The highest BCUT2D eigenvalue weighted by molar-refractivity contribution is 6.09. The van der Waals surface area contributed by atoms with E-state index >= 15 is 0 Å². The molecule has 0 unspecified atom stereocenters. The Bertz CT molecular complexity index is 1190. The van der Waals surface area contributed by atoms with Crippen molar-refractivity contribution in [2.45, 2.75) is 20.5 Å². The van der Waals surface area contributed by atoms with Gasteiger partial charge in [0.25, 0.3) is 5.91 Å². The van der Waals surface area contributed by atoms with Gasteiger partial charge in [-0.3, -0.25) is 4.79 Å². The third-order valence-electron chi connectivity index (χ3n) is 4.71. The highest BCUT2D eigenvalue weighted by Crippen LogP contribution is 2.19. The SMILES string of the molecule is CCOC(=O)c1ccc(NC(=O)/C(C#N)=C/c2cccc(OCc3ccc(C)cc3)c2)cc1. The fourth-order valence-electron chi connectivity index (χ4n) is 2.96. The van der Waals surface area contributed by atoms with Crippen LogP contribution in [0.15, 0.2) is 78.4 Å². The number of ether oxygens (including phenoxy) is 2. The summed E-state index contributed by atoms with van der Waals surface area (Å²) in [6, 6.07) is 23.5. The monoisotopic (exact) mass is 440 g/mol. The molecule has 0 saturated carbocycles. The van der Waals surface area contributed by atoms with Crippen molar-refractivity contribution in [2.24, 2.45) is 0 Å².